The van der Waals surface area contributed by atoms with Crippen LogP contribution in [0.5, 0.6) is 0 Å². The molecule has 1 saturated heterocycles. The largest absolute Gasteiger partial charge is 0.466 e. The van der Waals surface area contributed by atoms with Crippen molar-refractivity contribution in [3.63, 3.8) is 0 Å². The number of rotatable bonds is 8. The van der Waals surface area contributed by atoms with Crippen molar-refractivity contribution in [2.24, 2.45) is 0 Å². The molecule has 0 saturated carbocycles. The minimum Gasteiger partial charge on any atom is -0.466 e. The normalized spacial score (nSPS) is 16.8. The lowest BCUT2D eigenvalue weighted by atomic mass is 10.1. The Labute approximate surface area is 164 Å². The third-order valence-corrected chi connectivity index (χ3v) is 4.65. The number of hydrogen-bond acceptors (Lipinski definition) is 6. The summed E-state index contributed by atoms with van der Waals surface area (Å²) in [6.45, 7) is 3.94. The fraction of sp³-hybridized carbons (Fsp3) is 0.500. The maximum absolute atomic E-state index is 12.9. The van der Waals surface area contributed by atoms with E-state index in [4.69, 9.17) is 9.47 Å². The number of benzene rings is 1. The van der Waals surface area contributed by atoms with Crippen molar-refractivity contribution in [1.82, 2.24) is 19.9 Å². The van der Waals surface area contributed by atoms with E-state index in [9.17, 15) is 9.59 Å². The molecule has 2 aromatic rings. The van der Waals surface area contributed by atoms with E-state index >= 15 is 0 Å². The molecule has 1 amide bonds. The monoisotopic (exact) mass is 386 g/mol. The predicted molar refractivity (Wildman–Crippen MR) is 102 cm³/mol. The highest BCUT2D eigenvalue weighted by atomic mass is 16.5. The molecule has 150 valence electrons. The van der Waals surface area contributed by atoms with Gasteiger partial charge >= 0.3 is 5.97 Å². The van der Waals surface area contributed by atoms with Crippen LogP contribution in [0.15, 0.2) is 36.5 Å². The van der Waals surface area contributed by atoms with Crippen LogP contribution in [0.4, 0.5) is 0 Å². The van der Waals surface area contributed by atoms with Gasteiger partial charge in [0.15, 0.2) is 5.69 Å². The Kier molecular flexibility index (Phi) is 7.13. The summed E-state index contributed by atoms with van der Waals surface area (Å²) in [4.78, 5) is 26.3. The van der Waals surface area contributed by atoms with Gasteiger partial charge in [-0.15, -0.1) is 5.10 Å². The number of hydrogen-bond donors (Lipinski definition) is 0. The molecule has 1 fully saturated rings. The molecule has 0 bridgehead atoms. The van der Waals surface area contributed by atoms with E-state index < -0.39 is 0 Å². The van der Waals surface area contributed by atoms with Gasteiger partial charge < -0.3 is 14.4 Å². The highest BCUT2D eigenvalue weighted by Gasteiger charge is 2.31. The van der Waals surface area contributed by atoms with Gasteiger partial charge in [0, 0.05) is 13.1 Å². The van der Waals surface area contributed by atoms with Gasteiger partial charge in [0.05, 0.1) is 38.5 Å². The molecule has 1 aliphatic heterocycles. The van der Waals surface area contributed by atoms with Gasteiger partial charge in [-0.05, 0) is 25.3 Å². The van der Waals surface area contributed by atoms with Gasteiger partial charge in [0.2, 0.25) is 0 Å². The molecule has 28 heavy (non-hydrogen) atoms. The zero-order chi connectivity index (χ0) is 19.8. The zero-order valence-corrected chi connectivity index (χ0v) is 16.1. The average molecular weight is 386 g/mol. The fourth-order valence-corrected chi connectivity index (χ4v) is 3.25. The number of nitrogens with zero attached hydrogens (tertiary/aromatic N) is 4. The lowest BCUT2D eigenvalue weighted by Crippen LogP contribution is -2.49. The van der Waals surface area contributed by atoms with E-state index in [2.05, 4.69) is 22.4 Å². The molecule has 3 rings (SSSR count). The first-order valence-corrected chi connectivity index (χ1v) is 9.65. The van der Waals surface area contributed by atoms with Crippen LogP contribution in [0.2, 0.25) is 0 Å². The Hall–Kier alpha value is -2.74. The Morgan fingerprint density at radius 3 is 2.89 bits per heavy atom. The van der Waals surface area contributed by atoms with Gasteiger partial charge in [0.1, 0.15) is 0 Å². The second kappa shape index (κ2) is 9.98. The van der Waals surface area contributed by atoms with Gasteiger partial charge in [0.25, 0.3) is 5.91 Å². The molecule has 0 N–H and O–H groups in total. The molecule has 8 heteroatoms. The number of ether oxygens (including phenoxy) is 2. The second-order valence-corrected chi connectivity index (χ2v) is 6.69. The maximum atomic E-state index is 12.9. The number of carbonyl (C=O) groups is 2. The Morgan fingerprint density at radius 2 is 2.11 bits per heavy atom. The third-order valence-electron chi connectivity index (χ3n) is 4.65. The van der Waals surface area contributed by atoms with E-state index in [1.807, 2.05) is 18.2 Å². The summed E-state index contributed by atoms with van der Waals surface area (Å²) in [5, 5.41) is 8.11. The van der Waals surface area contributed by atoms with E-state index in [0.717, 1.165) is 12.8 Å². The molecule has 0 aliphatic carbocycles. The van der Waals surface area contributed by atoms with Crippen LogP contribution in [0.3, 0.4) is 0 Å². The number of aromatic nitrogens is 3. The molecule has 0 spiro atoms. The Bertz CT molecular complexity index is 778. The number of carbonyl (C=O) groups excluding carboxylic acids is 2. The van der Waals surface area contributed by atoms with E-state index in [-0.39, 0.29) is 30.0 Å². The van der Waals surface area contributed by atoms with Gasteiger partial charge in [-0.1, -0.05) is 35.5 Å². The molecular formula is C20H26N4O4. The SMILES string of the molecule is CCOC(=O)C[C@H]1COCCN1C(=O)c1cn(CCCc2ccccc2)nn1. The lowest BCUT2D eigenvalue weighted by Gasteiger charge is -2.34. The van der Waals surface area contributed by atoms with Crippen molar-refractivity contribution in [3.05, 3.63) is 47.8 Å². The maximum Gasteiger partial charge on any atom is 0.307 e. The number of aryl methyl sites for hydroxylation is 2. The van der Waals surface area contributed by atoms with Crippen LogP contribution in [-0.2, 0) is 27.2 Å². The quantitative estimate of drug-likeness (QED) is 0.642. The fourth-order valence-electron chi connectivity index (χ4n) is 3.25. The van der Waals surface area contributed by atoms with Crippen molar-refractivity contribution < 1.29 is 19.1 Å². The summed E-state index contributed by atoms with van der Waals surface area (Å²) in [6.07, 6.45) is 3.63. The minimum atomic E-state index is -0.344. The lowest BCUT2D eigenvalue weighted by molar-refractivity contribution is -0.145. The standard InChI is InChI=1S/C20H26N4O4/c1-2-28-19(25)13-17-15-27-12-11-24(17)20(26)18-14-23(22-21-18)10-6-9-16-7-4-3-5-8-16/h3-5,7-8,14,17H,2,6,9-13,15H2,1H3/t17-/m0/s1. The summed E-state index contributed by atoms with van der Waals surface area (Å²) in [7, 11) is 0. The molecule has 0 radical (unpaired) electrons. The minimum absolute atomic E-state index is 0.116. The van der Waals surface area contributed by atoms with Gasteiger partial charge in [-0.2, -0.15) is 0 Å². The number of morpholine rings is 1. The first-order valence-electron chi connectivity index (χ1n) is 9.65. The van der Waals surface area contributed by atoms with Crippen molar-refractivity contribution in [1.29, 1.82) is 0 Å². The van der Waals surface area contributed by atoms with Crippen LogP contribution >= 0.6 is 0 Å². The summed E-state index contributed by atoms with van der Waals surface area (Å²) < 4.78 is 12.1. The summed E-state index contributed by atoms with van der Waals surface area (Å²) in [6, 6.07) is 9.90. The average Bonchev–Trinajstić information content (AvgIpc) is 3.18. The van der Waals surface area contributed by atoms with E-state index in [1.165, 1.54) is 5.56 Å². The Morgan fingerprint density at radius 1 is 1.29 bits per heavy atom. The molecule has 8 nitrogen and oxygen atoms in total. The Balaban J connectivity index is 1.56. The van der Waals surface area contributed by atoms with Crippen LogP contribution in [-0.4, -0.2) is 64.2 Å². The number of esters is 1. The second-order valence-electron chi connectivity index (χ2n) is 6.69. The molecule has 1 aromatic heterocycles. The topological polar surface area (TPSA) is 86.5 Å². The molecule has 0 unspecified atom stereocenters. The molecule has 1 aromatic carbocycles. The first kappa shape index (κ1) is 20.0. The van der Waals surface area contributed by atoms with Gasteiger partial charge in [-0.25, -0.2) is 0 Å². The van der Waals surface area contributed by atoms with Gasteiger partial charge in [-0.3, -0.25) is 14.3 Å². The summed E-state index contributed by atoms with van der Waals surface area (Å²) in [5.41, 5.74) is 1.56. The molecule has 1 aliphatic rings. The van der Waals surface area contributed by atoms with Crippen LogP contribution < -0.4 is 0 Å². The molecule has 1 atom stereocenters. The van der Waals surface area contributed by atoms with Crippen LogP contribution in [0.1, 0.15) is 35.8 Å². The van der Waals surface area contributed by atoms with Crippen molar-refractivity contribution >= 4 is 11.9 Å². The zero-order valence-electron chi connectivity index (χ0n) is 16.1. The van der Waals surface area contributed by atoms with Crippen molar-refractivity contribution in [2.75, 3.05) is 26.4 Å². The molecule has 2 heterocycles. The first-order chi connectivity index (χ1) is 13.7. The highest BCUT2D eigenvalue weighted by Crippen LogP contribution is 2.15. The summed E-state index contributed by atoms with van der Waals surface area (Å²) >= 11 is 0. The highest BCUT2D eigenvalue weighted by molar-refractivity contribution is 5.92. The van der Waals surface area contributed by atoms with Crippen molar-refractivity contribution in [2.45, 2.75) is 38.8 Å². The van der Waals surface area contributed by atoms with Crippen LogP contribution in [0.25, 0.3) is 0 Å². The smallest absolute Gasteiger partial charge is 0.307 e. The van der Waals surface area contributed by atoms with E-state index in [0.29, 0.717) is 32.9 Å². The van der Waals surface area contributed by atoms with Crippen LogP contribution in [0, 0.1) is 0 Å². The predicted octanol–water partition coefficient (Wildman–Crippen LogP) is 1.71. The third kappa shape index (κ3) is 5.39. The molecular weight excluding hydrogens is 360 g/mol. The van der Waals surface area contributed by atoms with E-state index in [1.54, 1.807) is 22.7 Å². The summed E-state index contributed by atoms with van der Waals surface area (Å²) in [5.74, 6) is -0.563. The number of amides is 1. The van der Waals surface area contributed by atoms with Crippen molar-refractivity contribution in [3.8, 4) is 0 Å².